The number of aliphatic hydroxyl groups excluding tert-OH is 16. The highest BCUT2D eigenvalue weighted by molar-refractivity contribution is 4.96. The zero-order chi connectivity index (χ0) is 79.9. The fourth-order valence-electron chi connectivity index (χ4n) is 13.9. The highest BCUT2D eigenvalue weighted by Crippen LogP contribution is 2.34. The van der Waals surface area contributed by atoms with Gasteiger partial charge in [0.05, 0.1) is 91.3 Å². The molecule has 5 aliphatic heterocycles. The molecule has 0 bridgehead atoms. The molecule has 0 aromatic carbocycles. The maximum atomic E-state index is 10.9. The first kappa shape index (κ1) is 99.2. The summed E-state index contributed by atoms with van der Waals surface area (Å²) in [4.78, 5) is 0. The van der Waals surface area contributed by atoms with Crippen LogP contribution in [0.2, 0.25) is 0 Å². The summed E-state index contributed by atoms with van der Waals surface area (Å²) in [5.74, 6) is 0. The van der Waals surface area contributed by atoms with Crippen LogP contribution in [-0.2, 0) is 80.5 Å². The Labute approximate surface area is 651 Å². The Morgan fingerprint density at radius 3 is 0.782 bits per heavy atom. The van der Waals surface area contributed by atoms with E-state index in [-0.39, 0.29) is 112 Å². The first-order valence-corrected chi connectivity index (χ1v) is 41.5. The van der Waals surface area contributed by atoms with Gasteiger partial charge < -0.3 is 162 Å². The van der Waals surface area contributed by atoms with Crippen LogP contribution in [0.4, 0.5) is 0 Å². The Morgan fingerprint density at radius 2 is 0.473 bits per heavy atom. The molecule has 10 unspecified atom stereocenters. The van der Waals surface area contributed by atoms with E-state index in [0.29, 0.717) is 19.8 Å². The molecule has 0 radical (unpaired) electrons. The molecule has 5 fully saturated rings. The van der Waals surface area contributed by atoms with Gasteiger partial charge in [-0.2, -0.15) is 0 Å². The lowest BCUT2D eigenvalue weighted by atomic mass is 9.91. The minimum Gasteiger partial charge on any atom is -0.394 e. The molecule has 33 heteroatoms. The third-order valence-corrected chi connectivity index (χ3v) is 20.8. The normalized spacial score (nSPS) is 33.1. The van der Waals surface area contributed by atoms with E-state index < -0.39 is 185 Å². The maximum Gasteiger partial charge on any atom is 0.186 e. The number of aliphatic hydroxyl groups is 16. The Bertz CT molecular complexity index is 2130. The number of rotatable bonds is 65. The molecule has 0 saturated carbocycles. The van der Waals surface area contributed by atoms with Crippen LogP contribution < -0.4 is 0 Å². The zero-order valence-electron chi connectivity index (χ0n) is 66.0. The van der Waals surface area contributed by atoms with Gasteiger partial charge in [0.2, 0.25) is 0 Å². The molecule has 0 spiro atoms. The smallest absolute Gasteiger partial charge is 0.186 e. The van der Waals surface area contributed by atoms with Gasteiger partial charge in [0.15, 0.2) is 31.5 Å². The molecule has 5 aliphatic rings. The minimum absolute atomic E-state index is 0.0106. The second-order valence-corrected chi connectivity index (χ2v) is 30.2. The van der Waals surface area contributed by atoms with E-state index in [2.05, 4.69) is 20.8 Å². The van der Waals surface area contributed by atoms with Crippen LogP contribution in [0.3, 0.4) is 0 Å². The second kappa shape index (κ2) is 58.5. The fraction of sp³-hybridized carbons (Fsp3) is 1.00. The summed E-state index contributed by atoms with van der Waals surface area (Å²) >= 11 is 0. The van der Waals surface area contributed by atoms with E-state index >= 15 is 0 Å². The summed E-state index contributed by atoms with van der Waals surface area (Å²) in [5, 5.41) is 167. The number of hydrogen-bond donors (Lipinski definition) is 16. The molecule has 33 nitrogen and oxygen atoms in total. The molecular formula is C77H146O33. The second-order valence-electron chi connectivity index (χ2n) is 30.2. The summed E-state index contributed by atoms with van der Waals surface area (Å²) in [7, 11) is 0. The van der Waals surface area contributed by atoms with Crippen LogP contribution in [0.25, 0.3) is 0 Å². The molecule has 0 aliphatic carbocycles. The predicted molar refractivity (Wildman–Crippen MR) is 395 cm³/mol. The molecule has 0 aromatic rings. The molecule has 652 valence electrons. The van der Waals surface area contributed by atoms with E-state index in [9.17, 15) is 81.7 Å². The van der Waals surface area contributed by atoms with Crippen LogP contribution in [0.5, 0.6) is 0 Å². The van der Waals surface area contributed by atoms with Crippen molar-refractivity contribution >= 4 is 0 Å². The zero-order valence-corrected chi connectivity index (χ0v) is 66.0. The van der Waals surface area contributed by atoms with Gasteiger partial charge in [-0.3, -0.25) is 0 Å². The van der Waals surface area contributed by atoms with Crippen LogP contribution >= 0.6 is 0 Å². The van der Waals surface area contributed by atoms with Crippen molar-refractivity contribution in [2.45, 2.75) is 354 Å². The van der Waals surface area contributed by atoms with Crippen molar-refractivity contribution in [1.82, 2.24) is 0 Å². The van der Waals surface area contributed by atoms with Crippen molar-refractivity contribution in [3.05, 3.63) is 0 Å². The Hall–Kier alpha value is -1.32. The summed E-state index contributed by atoms with van der Waals surface area (Å²) in [6.45, 7) is 4.60. The van der Waals surface area contributed by atoms with E-state index in [1.165, 1.54) is 77.0 Å². The van der Waals surface area contributed by atoms with Gasteiger partial charge in [0, 0.05) is 46.2 Å². The van der Waals surface area contributed by atoms with Gasteiger partial charge in [-0.05, 0) is 44.9 Å². The van der Waals surface area contributed by atoms with E-state index in [1.54, 1.807) is 0 Å². The molecular weight excluding hydrogens is 1450 g/mol. The molecule has 0 amide bonds. The highest BCUT2D eigenvalue weighted by Gasteiger charge is 2.52. The Balaban J connectivity index is 1.53. The van der Waals surface area contributed by atoms with Gasteiger partial charge in [0.1, 0.15) is 122 Å². The first-order valence-electron chi connectivity index (χ1n) is 41.5. The summed E-state index contributed by atoms with van der Waals surface area (Å²) < 4.78 is 107. The molecule has 0 aromatic heterocycles. The van der Waals surface area contributed by atoms with Gasteiger partial charge in [0.25, 0.3) is 0 Å². The Kier molecular flexibility index (Phi) is 52.8. The minimum atomic E-state index is -1.71. The van der Waals surface area contributed by atoms with Crippen molar-refractivity contribution in [1.29, 1.82) is 0 Å². The predicted octanol–water partition coefficient (Wildman–Crippen LogP) is 1.18. The number of hydrogen-bond acceptors (Lipinski definition) is 33. The topological polar surface area (TPSA) is 481 Å². The van der Waals surface area contributed by atoms with Crippen molar-refractivity contribution in [2.24, 2.45) is 5.41 Å². The third kappa shape index (κ3) is 34.9. The van der Waals surface area contributed by atoms with Crippen molar-refractivity contribution in [2.75, 3.05) is 132 Å². The fourth-order valence-corrected chi connectivity index (χ4v) is 13.9. The number of ether oxygens (including phenoxy) is 17. The van der Waals surface area contributed by atoms with Crippen molar-refractivity contribution in [3.8, 4) is 0 Å². The lowest BCUT2D eigenvalue weighted by Crippen LogP contribution is -2.62. The Morgan fingerprint density at radius 1 is 0.218 bits per heavy atom. The SMILES string of the molecule is CCCCCCCCCCOCC(COCCCCCCCCCC)(COCCCCCCCCCC)CO[C@@H]1OC(COCCCO[C@@H]2OC(CO)[C@@H](O)[C@H](O)C2O)[C@@H](OCCCO[C@@H]2OC(CO)[C@@H](O)[C@H](O)C2O)[C@H](OCCCO[C@@H]2OC(CO)[C@@H](O)[C@H](O)C2O)C1OCCCO[C@@H]1OC(CO)[C@@H](O)[C@H](O)C1O. The molecule has 5 saturated heterocycles. The maximum absolute atomic E-state index is 10.9. The molecule has 16 N–H and O–H groups in total. The van der Waals surface area contributed by atoms with Crippen molar-refractivity contribution < 1.29 is 162 Å². The van der Waals surface area contributed by atoms with Gasteiger partial charge in [-0.1, -0.05) is 156 Å². The van der Waals surface area contributed by atoms with Crippen molar-refractivity contribution in [3.63, 3.8) is 0 Å². The van der Waals surface area contributed by atoms with Crippen LogP contribution in [0.15, 0.2) is 0 Å². The number of unbranched alkanes of at least 4 members (excludes halogenated alkanes) is 21. The molecule has 25 atom stereocenters. The third-order valence-electron chi connectivity index (χ3n) is 20.8. The van der Waals surface area contributed by atoms with Crippen LogP contribution in [-0.4, -0.2) is 367 Å². The van der Waals surface area contributed by atoms with Crippen LogP contribution in [0.1, 0.15) is 201 Å². The summed E-state index contributed by atoms with van der Waals surface area (Å²) in [6.07, 6.45) is -9.73. The monoisotopic (exact) mass is 1600 g/mol. The van der Waals surface area contributed by atoms with Crippen LogP contribution in [0, 0.1) is 5.41 Å². The quantitative estimate of drug-likeness (QED) is 0.0380. The molecule has 5 rings (SSSR count). The van der Waals surface area contributed by atoms with Gasteiger partial charge in [-0.25, -0.2) is 0 Å². The largest absolute Gasteiger partial charge is 0.394 e. The highest BCUT2D eigenvalue weighted by atomic mass is 16.7. The lowest BCUT2D eigenvalue weighted by Gasteiger charge is -2.46. The average Bonchev–Trinajstić information content (AvgIpc) is 0.728. The van der Waals surface area contributed by atoms with Gasteiger partial charge >= 0.3 is 0 Å². The summed E-state index contributed by atoms with van der Waals surface area (Å²) in [5.41, 5.74) is -0.951. The van der Waals surface area contributed by atoms with E-state index in [0.717, 1.165) is 77.0 Å². The lowest BCUT2D eigenvalue weighted by molar-refractivity contribution is -0.332. The molecule has 5 heterocycles. The summed E-state index contributed by atoms with van der Waals surface area (Å²) in [6, 6.07) is 0. The van der Waals surface area contributed by atoms with Gasteiger partial charge in [-0.15, -0.1) is 0 Å². The first-order chi connectivity index (χ1) is 53.3. The standard InChI is InChI=1S/C77H146O33/c1-4-7-10-13-16-19-22-25-32-95-48-77(49-96-33-26-23-20-17-14-11-8-5-2,50-97-34-27-24-21-18-15-12-9-6-3)51-105-76-71(100-38-31-42-104-75-68(93)64(89)60(85)55(46-81)109-75)70(99-37-30-41-103-74-67(92)63(88)59(84)54(45-80)108-74)69(98-36-29-40-102-73-66(91)62(87)58(83)53(44-79)107-73)56(110-76)47-94-35-28-39-101-72-65(90)61(86)57(82)52(43-78)106-72/h52-76,78-93H,4-51H2,1-3H3/t52?,53?,54?,55?,56?,57-,58-,59-,60-,61+,62+,63+,64+,65?,66?,67?,68?,69-,70+,71?,72-,73-,74-,75-,76-/m1/s1. The van der Waals surface area contributed by atoms with E-state index in [4.69, 9.17) is 80.5 Å². The average molecular weight is 1600 g/mol. The molecule has 110 heavy (non-hydrogen) atoms. The van der Waals surface area contributed by atoms with E-state index in [1.807, 2.05) is 0 Å².